The van der Waals surface area contributed by atoms with Crippen molar-refractivity contribution in [3.8, 4) is 0 Å². The number of aryl methyl sites for hydroxylation is 1. The Labute approximate surface area is 224 Å². The number of halogens is 1. The molecule has 7 nitrogen and oxygen atoms in total. The van der Waals surface area contributed by atoms with E-state index in [1.54, 1.807) is 22.5 Å². The van der Waals surface area contributed by atoms with Crippen molar-refractivity contribution in [2.45, 2.75) is 90.8 Å². The number of alkyl halides is 1. The van der Waals surface area contributed by atoms with E-state index < -0.39 is 30.4 Å². The lowest BCUT2D eigenvalue weighted by Crippen LogP contribution is -2.47. The number of carbonyl (C=O) groups excluding carboxylic acids is 3. The van der Waals surface area contributed by atoms with Gasteiger partial charge in [0.2, 0.25) is 0 Å². The summed E-state index contributed by atoms with van der Waals surface area (Å²) in [7, 11) is 0. The van der Waals surface area contributed by atoms with Gasteiger partial charge in [-0.2, -0.15) is 0 Å². The van der Waals surface area contributed by atoms with E-state index >= 15 is 0 Å². The molecule has 8 heteroatoms. The first-order chi connectivity index (χ1) is 18.1. The van der Waals surface area contributed by atoms with E-state index in [-0.39, 0.29) is 31.3 Å². The maximum atomic E-state index is 13.9. The molecule has 0 bridgehead atoms. The number of ether oxygens (including phenoxy) is 2. The Kier molecular flexibility index (Phi) is 8.78. The fraction of sp³-hybridized carbons (Fsp3) is 0.633. The Morgan fingerprint density at radius 1 is 1.05 bits per heavy atom. The number of esters is 1. The second-order valence-electron chi connectivity index (χ2n) is 11.6. The second kappa shape index (κ2) is 11.9. The molecule has 1 aromatic heterocycles. The van der Waals surface area contributed by atoms with Crippen LogP contribution in [0.2, 0.25) is 0 Å². The minimum Gasteiger partial charge on any atom is -0.461 e. The van der Waals surface area contributed by atoms with Crippen LogP contribution < -0.4 is 0 Å². The van der Waals surface area contributed by atoms with Crippen LogP contribution in [-0.2, 0) is 27.2 Å². The van der Waals surface area contributed by atoms with E-state index in [0.717, 1.165) is 35.7 Å². The third kappa shape index (κ3) is 6.21. The molecule has 2 fully saturated rings. The van der Waals surface area contributed by atoms with Crippen LogP contribution >= 0.6 is 0 Å². The quantitative estimate of drug-likeness (QED) is 0.387. The number of rotatable bonds is 8. The molecule has 38 heavy (non-hydrogen) atoms. The maximum Gasteiger partial charge on any atom is 0.410 e. The van der Waals surface area contributed by atoms with Crippen LogP contribution in [0.15, 0.2) is 24.3 Å². The molecule has 208 valence electrons. The molecule has 4 rings (SSSR count). The zero-order valence-electron chi connectivity index (χ0n) is 23.1. The average molecular weight is 529 g/mol. The Morgan fingerprint density at radius 2 is 1.79 bits per heavy atom. The Balaban J connectivity index is 1.60. The van der Waals surface area contributed by atoms with Gasteiger partial charge in [0.15, 0.2) is 5.78 Å². The van der Waals surface area contributed by atoms with Crippen molar-refractivity contribution in [3.05, 3.63) is 35.5 Å². The van der Waals surface area contributed by atoms with E-state index in [1.165, 1.54) is 19.3 Å². The van der Waals surface area contributed by atoms with E-state index in [4.69, 9.17) is 9.47 Å². The van der Waals surface area contributed by atoms with Crippen LogP contribution in [0.1, 0.15) is 82.3 Å². The highest BCUT2D eigenvalue weighted by Crippen LogP contribution is 2.40. The lowest BCUT2D eigenvalue weighted by molar-refractivity contribution is -0.124. The molecular weight excluding hydrogens is 487 g/mol. The molecule has 0 N–H and O–H groups in total. The van der Waals surface area contributed by atoms with Gasteiger partial charge in [0.25, 0.3) is 0 Å². The van der Waals surface area contributed by atoms with Gasteiger partial charge >= 0.3 is 12.1 Å². The van der Waals surface area contributed by atoms with Gasteiger partial charge in [0.05, 0.1) is 19.2 Å². The molecule has 1 saturated heterocycles. The maximum absolute atomic E-state index is 13.9. The minimum atomic E-state index is -0.637. The Morgan fingerprint density at radius 3 is 2.45 bits per heavy atom. The van der Waals surface area contributed by atoms with Crippen LogP contribution in [0.3, 0.4) is 0 Å². The summed E-state index contributed by atoms with van der Waals surface area (Å²) < 4.78 is 25.7. The summed E-state index contributed by atoms with van der Waals surface area (Å²) in [6.45, 7) is 7.44. The number of hydrogen-bond donors (Lipinski definition) is 0. The van der Waals surface area contributed by atoms with Crippen molar-refractivity contribution in [3.63, 3.8) is 0 Å². The highest BCUT2D eigenvalue weighted by atomic mass is 19.1. The summed E-state index contributed by atoms with van der Waals surface area (Å²) in [5.41, 5.74) is 1.18. The van der Waals surface area contributed by atoms with Crippen molar-refractivity contribution < 1.29 is 28.2 Å². The van der Waals surface area contributed by atoms with Crippen LogP contribution in [0, 0.1) is 11.8 Å². The monoisotopic (exact) mass is 528 g/mol. The molecule has 2 aliphatic rings. The zero-order chi connectivity index (χ0) is 27.4. The Hall–Kier alpha value is -2.90. The highest BCUT2D eigenvalue weighted by Gasteiger charge is 2.46. The van der Waals surface area contributed by atoms with Gasteiger partial charge in [-0.15, -0.1) is 0 Å². The molecule has 1 aromatic carbocycles. The van der Waals surface area contributed by atoms with Crippen molar-refractivity contribution >= 4 is 28.7 Å². The number of Topliss-reactive ketones (excluding diaryl/α,β-unsaturated/α-hetero) is 1. The number of carbonyl (C=O) groups is 3. The van der Waals surface area contributed by atoms with Crippen molar-refractivity contribution in [1.29, 1.82) is 0 Å². The summed E-state index contributed by atoms with van der Waals surface area (Å²) in [6, 6.07) is 6.76. The SMILES string of the molecule is CCOC(=O)c1cc2cc(CC(=O)[C@@H]3[C@H](C4CCCCC4)CCN3C(=O)OC(C)(C)C)ccc2n1CCF. The van der Waals surface area contributed by atoms with Crippen LogP contribution in [0.5, 0.6) is 0 Å². The molecule has 2 aromatic rings. The number of nitrogens with zero attached hydrogens (tertiary/aromatic N) is 2. The number of ketones is 1. The number of likely N-dealkylation sites (tertiary alicyclic amines) is 1. The zero-order valence-corrected chi connectivity index (χ0v) is 23.1. The number of fused-ring (bicyclic) bond motifs is 1. The smallest absolute Gasteiger partial charge is 0.410 e. The van der Waals surface area contributed by atoms with E-state index in [1.807, 2.05) is 39.0 Å². The van der Waals surface area contributed by atoms with Crippen LogP contribution in [-0.4, -0.2) is 58.8 Å². The molecule has 0 spiro atoms. The number of hydrogen-bond acceptors (Lipinski definition) is 5. The number of amides is 1. The van der Waals surface area contributed by atoms with Gasteiger partial charge in [-0.25, -0.2) is 14.0 Å². The molecule has 1 aliphatic carbocycles. The van der Waals surface area contributed by atoms with Crippen LogP contribution in [0.4, 0.5) is 9.18 Å². The molecule has 1 amide bonds. The first-order valence-electron chi connectivity index (χ1n) is 14.0. The van der Waals surface area contributed by atoms with Gasteiger partial charge in [-0.05, 0) is 69.7 Å². The van der Waals surface area contributed by atoms with Gasteiger partial charge in [0.1, 0.15) is 18.0 Å². The topological polar surface area (TPSA) is 77.8 Å². The molecular formula is C30H41FN2O5. The summed E-state index contributed by atoms with van der Waals surface area (Å²) >= 11 is 0. The summed E-state index contributed by atoms with van der Waals surface area (Å²) in [4.78, 5) is 41.1. The van der Waals surface area contributed by atoms with Crippen molar-refractivity contribution in [1.82, 2.24) is 9.47 Å². The molecule has 0 unspecified atom stereocenters. The molecule has 1 aliphatic heterocycles. The predicted molar refractivity (Wildman–Crippen MR) is 144 cm³/mol. The highest BCUT2D eigenvalue weighted by molar-refractivity contribution is 5.96. The third-order valence-electron chi connectivity index (χ3n) is 7.79. The Bertz CT molecular complexity index is 1160. The van der Waals surface area contributed by atoms with Gasteiger partial charge < -0.3 is 14.0 Å². The second-order valence-corrected chi connectivity index (χ2v) is 11.6. The lowest BCUT2D eigenvalue weighted by Gasteiger charge is -2.34. The molecule has 1 saturated carbocycles. The van der Waals surface area contributed by atoms with E-state index in [9.17, 15) is 18.8 Å². The standard InChI is InChI=1S/C30H41FN2O5/c1-5-37-28(35)25-19-22-17-20(11-12-24(22)32(25)16-14-31)18-26(34)27-23(21-9-7-6-8-10-21)13-15-33(27)29(36)38-30(2,3)4/h11-12,17,19,21,23,27H,5-10,13-16,18H2,1-4H3/t23-,27-/m0/s1. The largest absolute Gasteiger partial charge is 0.461 e. The first kappa shape index (κ1) is 28.1. The van der Waals surface area contributed by atoms with Gasteiger partial charge in [0, 0.05) is 23.9 Å². The van der Waals surface area contributed by atoms with E-state index in [0.29, 0.717) is 18.2 Å². The van der Waals surface area contributed by atoms with Gasteiger partial charge in [-0.1, -0.05) is 38.2 Å². The normalized spacial score (nSPS) is 20.6. The van der Waals surface area contributed by atoms with Crippen molar-refractivity contribution in [2.75, 3.05) is 19.8 Å². The lowest BCUT2D eigenvalue weighted by atomic mass is 9.75. The summed E-state index contributed by atoms with van der Waals surface area (Å²) in [5, 5.41) is 0.756. The number of benzene rings is 1. The molecule has 0 radical (unpaired) electrons. The van der Waals surface area contributed by atoms with Crippen LogP contribution in [0.25, 0.3) is 10.9 Å². The minimum absolute atomic E-state index is 0.0112. The molecule has 2 heterocycles. The predicted octanol–water partition coefficient (Wildman–Crippen LogP) is 6.11. The van der Waals surface area contributed by atoms with Gasteiger partial charge in [-0.3, -0.25) is 9.69 Å². The fourth-order valence-electron chi connectivity index (χ4n) is 6.25. The number of aromatic nitrogens is 1. The summed E-state index contributed by atoms with van der Waals surface area (Å²) in [6.07, 6.45) is 6.33. The molecule has 2 atom stereocenters. The third-order valence-corrected chi connectivity index (χ3v) is 7.79. The average Bonchev–Trinajstić information content (AvgIpc) is 3.46. The van der Waals surface area contributed by atoms with Crippen molar-refractivity contribution in [2.24, 2.45) is 11.8 Å². The first-order valence-corrected chi connectivity index (χ1v) is 14.0. The summed E-state index contributed by atoms with van der Waals surface area (Å²) in [5.74, 6) is 0.0933. The fourth-order valence-corrected chi connectivity index (χ4v) is 6.25. The van der Waals surface area contributed by atoms with E-state index in [2.05, 4.69) is 0 Å².